The van der Waals surface area contributed by atoms with E-state index >= 15 is 0 Å². The van der Waals surface area contributed by atoms with Gasteiger partial charge in [-0.25, -0.2) is 4.39 Å². The minimum absolute atomic E-state index is 0.135. The standard InChI is InChI=1S/C12H17BrFNO2/c1-3-16-12(8-15,17-4-2)9-5-6-10(13)11(14)7-9/h5-7H,3-4,8,15H2,1-2H3. The van der Waals surface area contributed by atoms with E-state index < -0.39 is 5.79 Å². The molecule has 0 fully saturated rings. The summed E-state index contributed by atoms with van der Waals surface area (Å²) in [6.45, 7) is 4.71. The molecule has 0 saturated carbocycles. The molecule has 0 atom stereocenters. The van der Waals surface area contributed by atoms with E-state index in [0.717, 1.165) is 0 Å². The maximum Gasteiger partial charge on any atom is 0.207 e. The van der Waals surface area contributed by atoms with E-state index in [0.29, 0.717) is 23.2 Å². The first-order valence-electron chi connectivity index (χ1n) is 5.53. The smallest absolute Gasteiger partial charge is 0.207 e. The van der Waals surface area contributed by atoms with Crippen molar-refractivity contribution in [3.05, 3.63) is 34.1 Å². The van der Waals surface area contributed by atoms with Crippen molar-refractivity contribution < 1.29 is 13.9 Å². The third kappa shape index (κ3) is 3.25. The maximum absolute atomic E-state index is 13.5. The predicted molar refractivity (Wildman–Crippen MR) is 68.1 cm³/mol. The van der Waals surface area contributed by atoms with E-state index in [1.54, 1.807) is 12.1 Å². The summed E-state index contributed by atoms with van der Waals surface area (Å²) >= 11 is 3.11. The summed E-state index contributed by atoms with van der Waals surface area (Å²) in [6.07, 6.45) is 0. The third-order valence-electron chi connectivity index (χ3n) is 2.38. The second-order valence-corrected chi connectivity index (χ2v) is 4.31. The molecule has 5 heteroatoms. The maximum atomic E-state index is 13.5. The molecule has 3 nitrogen and oxygen atoms in total. The molecule has 2 N–H and O–H groups in total. The van der Waals surface area contributed by atoms with Crippen molar-refractivity contribution in [2.45, 2.75) is 19.6 Å². The Morgan fingerprint density at radius 2 is 1.88 bits per heavy atom. The molecule has 0 aliphatic carbocycles. The molecule has 0 aliphatic rings. The van der Waals surface area contributed by atoms with Gasteiger partial charge in [-0.15, -0.1) is 0 Å². The molecule has 0 unspecified atom stereocenters. The van der Waals surface area contributed by atoms with Crippen molar-refractivity contribution >= 4 is 15.9 Å². The average molecular weight is 306 g/mol. The monoisotopic (exact) mass is 305 g/mol. The second-order valence-electron chi connectivity index (χ2n) is 3.45. The van der Waals surface area contributed by atoms with Gasteiger partial charge in [0.2, 0.25) is 5.79 Å². The largest absolute Gasteiger partial charge is 0.345 e. The predicted octanol–water partition coefficient (Wildman–Crippen LogP) is 2.77. The highest BCUT2D eigenvalue weighted by Crippen LogP contribution is 2.29. The van der Waals surface area contributed by atoms with Crippen molar-refractivity contribution in [1.82, 2.24) is 0 Å². The van der Waals surface area contributed by atoms with Gasteiger partial charge in [-0.05, 0) is 41.9 Å². The molecule has 0 aromatic heterocycles. The fourth-order valence-electron chi connectivity index (χ4n) is 1.64. The summed E-state index contributed by atoms with van der Waals surface area (Å²) in [5, 5.41) is 0. The minimum Gasteiger partial charge on any atom is -0.345 e. The van der Waals surface area contributed by atoms with E-state index in [9.17, 15) is 4.39 Å². The zero-order valence-corrected chi connectivity index (χ0v) is 11.6. The van der Waals surface area contributed by atoms with E-state index in [4.69, 9.17) is 15.2 Å². The molecule has 0 heterocycles. The van der Waals surface area contributed by atoms with Crippen LogP contribution in [0, 0.1) is 5.82 Å². The molecule has 0 amide bonds. The molecule has 0 aliphatic heterocycles. The fraction of sp³-hybridized carbons (Fsp3) is 0.500. The number of hydrogen-bond donors (Lipinski definition) is 1. The summed E-state index contributed by atoms with van der Waals surface area (Å²) in [7, 11) is 0. The second kappa shape index (κ2) is 6.44. The van der Waals surface area contributed by atoms with Crippen LogP contribution in [0.1, 0.15) is 19.4 Å². The van der Waals surface area contributed by atoms with Crippen LogP contribution in [0.15, 0.2) is 22.7 Å². The van der Waals surface area contributed by atoms with Gasteiger partial charge in [0.1, 0.15) is 5.82 Å². The first kappa shape index (κ1) is 14.6. The average Bonchev–Trinajstić information content (AvgIpc) is 2.32. The normalized spacial score (nSPS) is 11.8. The number of halogens is 2. The lowest BCUT2D eigenvalue weighted by Gasteiger charge is -2.32. The van der Waals surface area contributed by atoms with Gasteiger partial charge < -0.3 is 15.2 Å². The number of benzene rings is 1. The van der Waals surface area contributed by atoms with Crippen LogP contribution in [0.4, 0.5) is 4.39 Å². The van der Waals surface area contributed by atoms with Gasteiger partial charge in [0, 0.05) is 18.8 Å². The van der Waals surface area contributed by atoms with Gasteiger partial charge in [-0.1, -0.05) is 6.07 Å². The van der Waals surface area contributed by atoms with Crippen molar-refractivity contribution in [3.63, 3.8) is 0 Å². The lowest BCUT2D eigenvalue weighted by atomic mass is 10.1. The zero-order chi connectivity index (χ0) is 12.9. The molecule has 96 valence electrons. The highest BCUT2D eigenvalue weighted by atomic mass is 79.9. The van der Waals surface area contributed by atoms with E-state index in [1.165, 1.54) is 6.07 Å². The molecule has 1 aromatic carbocycles. The Labute approximate surface area is 109 Å². The van der Waals surface area contributed by atoms with Gasteiger partial charge in [0.15, 0.2) is 0 Å². The third-order valence-corrected chi connectivity index (χ3v) is 3.03. The summed E-state index contributed by atoms with van der Waals surface area (Å²) < 4.78 is 25.1. The molecule has 0 spiro atoms. The minimum atomic E-state index is -1.06. The van der Waals surface area contributed by atoms with Gasteiger partial charge in [-0.3, -0.25) is 0 Å². The molecule has 17 heavy (non-hydrogen) atoms. The Balaban J connectivity index is 3.14. The van der Waals surface area contributed by atoms with Crippen LogP contribution in [0.5, 0.6) is 0 Å². The summed E-state index contributed by atoms with van der Waals surface area (Å²) in [6, 6.07) is 4.74. The molecule has 0 saturated heterocycles. The zero-order valence-electron chi connectivity index (χ0n) is 10.0. The molecular formula is C12H17BrFNO2. The van der Waals surface area contributed by atoms with Crippen LogP contribution < -0.4 is 5.73 Å². The van der Waals surface area contributed by atoms with Gasteiger partial charge in [0.25, 0.3) is 0 Å². The van der Waals surface area contributed by atoms with Crippen LogP contribution >= 0.6 is 15.9 Å². The molecular weight excluding hydrogens is 289 g/mol. The van der Waals surface area contributed by atoms with Crippen LogP contribution in [-0.2, 0) is 15.3 Å². The van der Waals surface area contributed by atoms with Crippen molar-refractivity contribution in [3.8, 4) is 0 Å². The SMILES string of the molecule is CCOC(CN)(OCC)c1ccc(Br)c(F)c1. The van der Waals surface area contributed by atoms with E-state index in [2.05, 4.69) is 15.9 Å². The highest BCUT2D eigenvalue weighted by Gasteiger charge is 2.32. The van der Waals surface area contributed by atoms with Crippen LogP contribution in [0.2, 0.25) is 0 Å². The molecule has 1 rings (SSSR count). The Bertz CT molecular complexity index is 368. The molecule has 1 aromatic rings. The fourth-order valence-corrected chi connectivity index (χ4v) is 1.89. The van der Waals surface area contributed by atoms with E-state index in [-0.39, 0.29) is 12.4 Å². The Hall–Kier alpha value is -0.490. The first-order chi connectivity index (χ1) is 8.09. The summed E-state index contributed by atoms with van der Waals surface area (Å²) in [5.41, 5.74) is 6.30. The molecule has 0 bridgehead atoms. The van der Waals surface area contributed by atoms with Gasteiger partial charge >= 0.3 is 0 Å². The number of ether oxygens (including phenoxy) is 2. The first-order valence-corrected chi connectivity index (χ1v) is 6.32. The molecule has 0 radical (unpaired) electrons. The Kier molecular flexibility index (Phi) is 5.52. The summed E-state index contributed by atoms with van der Waals surface area (Å²) in [5.74, 6) is -1.43. The summed E-state index contributed by atoms with van der Waals surface area (Å²) in [4.78, 5) is 0. The lowest BCUT2D eigenvalue weighted by Crippen LogP contribution is -2.41. The van der Waals surface area contributed by atoms with Gasteiger partial charge in [0.05, 0.1) is 11.0 Å². The number of nitrogens with two attached hydrogens (primary N) is 1. The number of rotatable bonds is 6. The number of hydrogen-bond acceptors (Lipinski definition) is 3. The van der Waals surface area contributed by atoms with E-state index in [1.807, 2.05) is 13.8 Å². The highest BCUT2D eigenvalue weighted by molar-refractivity contribution is 9.10. The van der Waals surface area contributed by atoms with Crippen LogP contribution in [0.3, 0.4) is 0 Å². The topological polar surface area (TPSA) is 44.5 Å². The van der Waals surface area contributed by atoms with Crippen LogP contribution in [0.25, 0.3) is 0 Å². The quantitative estimate of drug-likeness (QED) is 0.822. The van der Waals surface area contributed by atoms with Crippen molar-refractivity contribution in [2.75, 3.05) is 19.8 Å². The lowest BCUT2D eigenvalue weighted by molar-refractivity contribution is -0.235. The van der Waals surface area contributed by atoms with Crippen molar-refractivity contribution in [1.29, 1.82) is 0 Å². The van der Waals surface area contributed by atoms with Crippen molar-refractivity contribution in [2.24, 2.45) is 5.73 Å². The Morgan fingerprint density at radius 3 is 2.29 bits per heavy atom. The van der Waals surface area contributed by atoms with Crippen LogP contribution in [-0.4, -0.2) is 19.8 Å². The van der Waals surface area contributed by atoms with Gasteiger partial charge in [-0.2, -0.15) is 0 Å². The Morgan fingerprint density at radius 1 is 1.29 bits per heavy atom.